The van der Waals surface area contributed by atoms with Crippen LogP contribution in [0.2, 0.25) is 0 Å². The minimum absolute atomic E-state index is 0.0108. The summed E-state index contributed by atoms with van der Waals surface area (Å²) >= 11 is 0. The van der Waals surface area contributed by atoms with E-state index >= 15 is 0 Å². The number of aliphatic hydroxyl groups is 1. The number of carbonyl (C=O) groups excluding carboxylic acids is 1. The number of nitrogens with zero attached hydrogens (tertiary/aromatic N) is 3. The van der Waals surface area contributed by atoms with Crippen molar-refractivity contribution in [3.05, 3.63) is 47.7 Å². The monoisotopic (exact) mass is 364 g/mol. The predicted octanol–water partition coefficient (Wildman–Crippen LogP) is 1.86. The van der Waals surface area contributed by atoms with Gasteiger partial charge in [-0.15, -0.1) is 0 Å². The van der Waals surface area contributed by atoms with E-state index in [4.69, 9.17) is 4.74 Å². The Kier molecular flexibility index (Phi) is 4.65. The highest BCUT2D eigenvalue weighted by atomic mass is 16.5. The quantitative estimate of drug-likeness (QED) is 0.863. The molecule has 2 N–H and O–H groups in total. The number of benzene rings is 1. The molecule has 0 unspecified atom stereocenters. The molecule has 3 heterocycles. The highest BCUT2D eigenvalue weighted by Crippen LogP contribution is 2.29. The van der Waals surface area contributed by atoms with Crippen LogP contribution < -0.4 is 15.0 Å². The van der Waals surface area contributed by atoms with Gasteiger partial charge in [-0.2, -0.15) is 5.26 Å². The molecule has 0 aliphatic carbocycles. The average molecular weight is 364 g/mol. The average Bonchev–Trinajstić information content (AvgIpc) is 2.69. The van der Waals surface area contributed by atoms with Crippen molar-refractivity contribution in [2.24, 2.45) is 0 Å². The summed E-state index contributed by atoms with van der Waals surface area (Å²) in [6.45, 7) is 0.979. The zero-order valence-corrected chi connectivity index (χ0v) is 14.8. The third-order valence-electron chi connectivity index (χ3n) is 4.99. The second-order valence-corrected chi connectivity index (χ2v) is 6.81. The molecule has 138 valence electrons. The van der Waals surface area contributed by atoms with E-state index in [0.29, 0.717) is 43.1 Å². The van der Waals surface area contributed by atoms with E-state index in [1.165, 1.54) is 0 Å². The molecule has 1 fully saturated rings. The zero-order chi connectivity index (χ0) is 18.8. The van der Waals surface area contributed by atoms with Gasteiger partial charge in [-0.05, 0) is 30.2 Å². The van der Waals surface area contributed by atoms with Crippen molar-refractivity contribution in [3.63, 3.8) is 0 Å². The molecule has 2 aromatic rings. The van der Waals surface area contributed by atoms with Gasteiger partial charge in [0.2, 0.25) is 5.91 Å². The van der Waals surface area contributed by atoms with E-state index in [-0.39, 0.29) is 12.0 Å². The van der Waals surface area contributed by atoms with Crippen molar-refractivity contribution in [2.75, 3.05) is 23.3 Å². The Morgan fingerprint density at radius 2 is 2.22 bits per heavy atom. The SMILES string of the molecule is N#Cc1cccnc1N1CC[C@@H](Oc2ccc3c(c2)NC(=O)CC3)[C@H](O)C1. The molecular formula is C20H20N4O3. The van der Waals surface area contributed by atoms with Crippen molar-refractivity contribution in [1.82, 2.24) is 4.98 Å². The van der Waals surface area contributed by atoms with E-state index in [2.05, 4.69) is 16.4 Å². The second kappa shape index (κ2) is 7.25. The first-order chi connectivity index (χ1) is 13.1. The van der Waals surface area contributed by atoms with Crippen LogP contribution in [0.4, 0.5) is 11.5 Å². The maximum Gasteiger partial charge on any atom is 0.224 e. The number of hydrogen-bond acceptors (Lipinski definition) is 6. The first kappa shape index (κ1) is 17.3. The Morgan fingerprint density at radius 3 is 3.04 bits per heavy atom. The van der Waals surface area contributed by atoms with Gasteiger partial charge in [0.25, 0.3) is 0 Å². The number of carbonyl (C=O) groups is 1. The first-order valence-corrected chi connectivity index (χ1v) is 9.01. The van der Waals surface area contributed by atoms with Crippen molar-refractivity contribution >= 4 is 17.4 Å². The number of hydrogen-bond donors (Lipinski definition) is 2. The molecule has 0 saturated carbocycles. The highest BCUT2D eigenvalue weighted by molar-refractivity contribution is 5.94. The van der Waals surface area contributed by atoms with Gasteiger partial charge < -0.3 is 20.1 Å². The Balaban J connectivity index is 1.44. The summed E-state index contributed by atoms with van der Waals surface area (Å²) < 4.78 is 6.00. The van der Waals surface area contributed by atoms with E-state index in [9.17, 15) is 15.2 Å². The summed E-state index contributed by atoms with van der Waals surface area (Å²) in [5.41, 5.74) is 2.37. The number of fused-ring (bicyclic) bond motifs is 1. The first-order valence-electron chi connectivity index (χ1n) is 9.01. The van der Waals surface area contributed by atoms with Gasteiger partial charge in [-0.3, -0.25) is 4.79 Å². The third kappa shape index (κ3) is 3.57. The molecule has 1 saturated heterocycles. The molecule has 4 rings (SSSR count). The van der Waals surface area contributed by atoms with Crippen LogP contribution in [0.25, 0.3) is 0 Å². The Labute approximate surface area is 157 Å². The van der Waals surface area contributed by atoms with Crippen LogP contribution in [0.5, 0.6) is 5.75 Å². The van der Waals surface area contributed by atoms with Crippen LogP contribution in [0, 0.1) is 11.3 Å². The van der Waals surface area contributed by atoms with Crippen molar-refractivity contribution in [1.29, 1.82) is 5.26 Å². The lowest BCUT2D eigenvalue weighted by atomic mass is 10.0. The molecule has 0 spiro atoms. The van der Waals surface area contributed by atoms with Crippen molar-refractivity contribution in [2.45, 2.75) is 31.5 Å². The Hall–Kier alpha value is -3.11. The van der Waals surface area contributed by atoms with Gasteiger partial charge in [0.05, 0.1) is 5.56 Å². The number of amides is 1. The number of pyridine rings is 1. The fourth-order valence-corrected chi connectivity index (χ4v) is 3.58. The van der Waals surface area contributed by atoms with E-state index in [1.54, 1.807) is 18.3 Å². The maximum absolute atomic E-state index is 11.6. The fraction of sp³-hybridized carbons (Fsp3) is 0.350. The minimum Gasteiger partial charge on any atom is -0.488 e. The smallest absolute Gasteiger partial charge is 0.224 e. The summed E-state index contributed by atoms with van der Waals surface area (Å²) in [6, 6.07) is 11.2. The van der Waals surface area contributed by atoms with Gasteiger partial charge in [-0.1, -0.05) is 6.07 Å². The van der Waals surface area contributed by atoms with Crippen LogP contribution in [-0.2, 0) is 11.2 Å². The lowest BCUT2D eigenvalue weighted by Crippen LogP contribution is -2.49. The number of rotatable bonds is 3. The zero-order valence-electron chi connectivity index (χ0n) is 14.8. The number of ether oxygens (including phenoxy) is 1. The predicted molar refractivity (Wildman–Crippen MR) is 99.6 cm³/mol. The van der Waals surface area contributed by atoms with Gasteiger partial charge >= 0.3 is 0 Å². The normalized spacial score (nSPS) is 21.8. The van der Waals surface area contributed by atoms with Crippen LogP contribution in [0.15, 0.2) is 36.5 Å². The van der Waals surface area contributed by atoms with Crippen LogP contribution in [-0.4, -0.2) is 41.3 Å². The number of aliphatic hydroxyl groups excluding tert-OH is 1. The summed E-state index contributed by atoms with van der Waals surface area (Å²) in [4.78, 5) is 17.8. The summed E-state index contributed by atoms with van der Waals surface area (Å²) in [5, 5.41) is 22.7. The molecule has 7 heteroatoms. The van der Waals surface area contributed by atoms with Gasteiger partial charge in [0.15, 0.2) is 0 Å². The summed E-state index contributed by atoms with van der Waals surface area (Å²) in [7, 11) is 0. The van der Waals surface area contributed by atoms with Crippen LogP contribution in [0.1, 0.15) is 24.0 Å². The molecule has 2 aliphatic heterocycles. The number of β-amino-alcohol motifs (C(OH)–C–C–N with tert-alkyl or cyclic N) is 1. The molecule has 1 aromatic heterocycles. The molecule has 1 aromatic carbocycles. The van der Waals surface area contributed by atoms with Gasteiger partial charge in [0, 0.05) is 43.9 Å². The summed E-state index contributed by atoms with van der Waals surface area (Å²) in [6.07, 6.45) is 2.42. The molecule has 2 aliphatic rings. The van der Waals surface area contributed by atoms with Crippen molar-refractivity contribution < 1.29 is 14.6 Å². The maximum atomic E-state index is 11.6. The molecule has 27 heavy (non-hydrogen) atoms. The third-order valence-corrected chi connectivity index (χ3v) is 4.99. The number of aryl methyl sites for hydroxylation is 1. The molecular weight excluding hydrogens is 344 g/mol. The minimum atomic E-state index is -0.710. The molecule has 0 radical (unpaired) electrons. The topological polar surface area (TPSA) is 98.5 Å². The standard InChI is InChI=1S/C20H20N4O3/c21-11-14-2-1-8-22-20(14)24-9-7-18(17(25)12-24)27-15-5-3-13-4-6-19(26)23-16(13)10-15/h1-3,5,8,10,17-18,25H,4,6-7,9,12H2,(H,23,26)/t17-,18-/m1/s1. The van der Waals surface area contributed by atoms with E-state index in [1.807, 2.05) is 23.1 Å². The van der Waals surface area contributed by atoms with Crippen molar-refractivity contribution in [3.8, 4) is 11.8 Å². The number of piperidine rings is 1. The molecule has 0 bridgehead atoms. The number of anilines is 2. The Bertz CT molecular complexity index is 908. The Morgan fingerprint density at radius 1 is 1.33 bits per heavy atom. The second-order valence-electron chi connectivity index (χ2n) is 6.81. The van der Waals surface area contributed by atoms with E-state index < -0.39 is 6.10 Å². The van der Waals surface area contributed by atoms with Gasteiger partial charge in [0.1, 0.15) is 29.8 Å². The fourth-order valence-electron chi connectivity index (χ4n) is 3.58. The largest absolute Gasteiger partial charge is 0.488 e. The van der Waals surface area contributed by atoms with Crippen LogP contribution >= 0.6 is 0 Å². The molecule has 2 atom stereocenters. The summed E-state index contributed by atoms with van der Waals surface area (Å²) in [5.74, 6) is 1.23. The molecule has 1 amide bonds. The van der Waals surface area contributed by atoms with E-state index in [0.717, 1.165) is 17.7 Å². The van der Waals surface area contributed by atoms with Crippen LogP contribution in [0.3, 0.4) is 0 Å². The van der Waals surface area contributed by atoms with Gasteiger partial charge in [-0.25, -0.2) is 4.98 Å². The number of nitrogens with one attached hydrogen (secondary N) is 1. The highest BCUT2D eigenvalue weighted by Gasteiger charge is 2.31. The number of aromatic nitrogens is 1. The lowest BCUT2D eigenvalue weighted by Gasteiger charge is -2.37. The molecule has 7 nitrogen and oxygen atoms in total. The number of nitriles is 1. The lowest BCUT2D eigenvalue weighted by molar-refractivity contribution is -0.116.